The maximum absolute atomic E-state index is 12.4. The van der Waals surface area contributed by atoms with E-state index in [4.69, 9.17) is 5.11 Å². The second-order valence-electron chi connectivity index (χ2n) is 6.19. The molecule has 0 spiro atoms. The molecule has 1 aromatic rings. The minimum Gasteiger partial charge on any atom is -0.481 e. The number of nitrogens with one attached hydrogen (secondary N) is 2. The van der Waals surface area contributed by atoms with Gasteiger partial charge in [0.15, 0.2) is 0 Å². The summed E-state index contributed by atoms with van der Waals surface area (Å²) in [5, 5.41) is 14.2. The summed E-state index contributed by atoms with van der Waals surface area (Å²) in [6.07, 6.45) is 0.325. The molecule has 0 aromatic heterocycles. The van der Waals surface area contributed by atoms with Crippen molar-refractivity contribution >= 4 is 35.2 Å². The maximum atomic E-state index is 12.4. The van der Waals surface area contributed by atoms with Crippen LogP contribution in [-0.2, 0) is 9.59 Å². The number of amides is 2. The summed E-state index contributed by atoms with van der Waals surface area (Å²) in [5.41, 5.74) is 0.439. The smallest absolute Gasteiger partial charge is 0.303 e. The Morgan fingerprint density at radius 1 is 1.39 bits per heavy atom. The molecular formula is C16H20N2O4S. The lowest BCUT2D eigenvalue weighted by Crippen LogP contribution is -2.43. The highest BCUT2D eigenvalue weighted by Gasteiger charge is 2.25. The van der Waals surface area contributed by atoms with Crippen LogP contribution in [-0.4, -0.2) is 33.7 Å². The van der Waals surface area contributed by atoms with Crippen LogP contribution in [0.25, 0.3) is 0 Å². The summed E-state index contributed by atoms with van der Waals surface area (Å²) >= 11 is 1.46. The molecule has 2 amide bonds. The second-order valence-corrected chi connectivity index (χ2v) is 7.57. The molecule has 1 aromatic carbocycles. The lowest BCUT2D eigenvalue weighted by atomic mass is 9.97. The summed E-state index contributed by atoms with van der Waals surface area (Å²) in [6, 6.07) is 5.17. The van der Waals surface area contributed by atoms with Gasteiger partial charge in [0.1, 0.15) is 0 Å². The Morgan fingerprint density at radius 3 is 2.74 bits per heavy atom. The van der Waals surface area contributed by atoms with Crippen molar-refractivity contribution in [1.29, 1.82) is 0 Å². The third-order valence-electron chi connectivity index (χ3n) is 3.59. The Hall–Kier alpha value is -2.02. The van der Waals surface area contributed by atoms with Crippen LogP contribution >= 0.6 is 11.8 Å². The minimum atomic E-state index is -0.894. The number of carbonyl (C=O) groups excluding carboxylic acids is 2. The van der Waals surface area contributed by atoms with Gasteiger partial charge in [0.05, 0.1) is 10.9 Å². The first kappa shape index (κ1) is 17.3. The predicted octanol–water partition coefficient (Wildman–Crippen LogP) is 2.49. The third kappa shape index (κ3) is 4.48. The largest absolute Gasteiger partial charge is 0.481 e. The summed E-state index contributed by atoms with van der Waals surface area (Å²) in [7, 11) is 0. The van der Waals surface area contributed by atoms with E-state index < -0.39 is 11.5 Å². The highest BCUT2D eigenvalue weighted by molar-refractivity contribution is 8.00. The summed E-state index contributed by atoms with van der Waals surface area (Å²) < 4.78 is 0. The fourth-order valence-electron chi connectivity index (χ4n) is 2.21. The number of rotatable bonds is 5. The van der Waals surface area contributed by atoms with Crippen molar-refractivity contribution in [3.8, 4) is 0 Å². The van der Waals surface area contributed by atoms with Crippen molar-refractivity contribution in [2.45, 2.75) is 49.3 Å². The van der Waals surface area contributed by atoms with E-state index in [1.165, 1.54) is 11.8 Å². The van der Waals surface area contributed by atoms with E-state index in [0.29, 0.717) is 17.7 Å². The predicted molar refractivity (Wildman–Crippen MR) is 88.8 cm³/mol. The molecule has 0 bridgehead atoms. The molecule has 1 aliphatic rings. The molecule has 7 heteroatoms. The van der Waals surface area contributed by atoms with Gasteiger partial charge in [-0.25, -0.2) is 0 Å². The van der Waals surface area contributed by atoms with Crippen LogP contribution in [0.3, 0.4) is 0 Å². The zero-order valence-electron chi connectivity index (χ0n) is 13.3. The van der Waals surface area contributed by atoms with Gasteiger partial charge < -0.3 is 15.7 Å². The van der Waals surface area contributed by atoms with Crippen molar-refractivity contribution in [3.05, 3.63) is 23.8 Å². The van der Waals surface area contributed by atoms with Gasteiger partial charge in [-0.05, 0) is 45.4 Å². The molecule has 1 unspecified atom stereocenters. The Balaban J connectivity index is 2.10. The van der Waals surface area contributed by atoms with E-state index in [1.807, 2.05) is 13.0 Å². The van der Waals surface area contributed by atoms with Gasteiger partial charge in [0.2, 0.25) is 5.91 Å². The lowest BCUT2D eigenvalue weighted by molar-refractivity contribution is -0.137. The summed E-state index contributed by atoms with van der Waals surface area (Å²) in [5.74, 6) is -1.27. The van der Waals surface area contributed by atoms with Gasteiger partial charge in [-0.2, -0.15) is 0 Å². The molecule has 1 atom stereocenters. The molecule has 23 heavy (non-hydrogen) atoms. The molecule has 124 valence electrons. The van der Waals surface area contributed by atoms with Crippen LogP contribution in [0.5, 0.6) is 0 Å². The van der Waals surface area contributed by atoms with E-state index >= 15 is 0 Å². The van der Waals surface area contributed by atoms with E-state index in [2.05, 4.69) is 10.6 Å². The molecule has 6 nitrogen and oxygen atoms in total. The molecule has 2 rings (SSSR count). The quantitative estimate of drug-likeness (QED) is 0.768. The molecule has 3 N–H and O–H groups in total. The number of benzene rings is 1. The van der Waals surface area contributed by atoms with Gasteiger partial charge in [-0.3, -0.25) is 14.4 Å². The third-order valence-corrected chi connectivity index (χ3v) is 4.77. The van der Waals surface area contributed by atoms with Gasteiger partial charge in [0.25, 0.3) is 5.91 Å². The number of hydrogen-bond acceptors (Lipinski definition) is 4. The van der Waals surface area contributed by atoms with Crippen molar-refractivity contribution in [3.63, 3.8) is 0 Å². The summed E-state index contributed by atoms with van der Waals surface area (Å²) in [6.45, 7) is 5.39. The highest BCUT2D eigenvalue weighted by atomic mass is 32.2. The number of carboxylic acid groups (broad SMARTS) is 1. The van der Waals surface area contributed by atoms with E-state index in [-0.39, 0.29) is 23.5 Å². The number of hydrogen-bond donors (Lipinski definition) is 3. The standard InChI is InChI=1S/C16H20N2O4S/c1-9-14(21)17-11-8-10(4-5-12(11)23-9)15(22)18-16(2,3)7-6-13(19)20/h4-5,8-9H,6-7H2,1-3H3,(H,17,21)(H,18,22)(H,19,20). The molecule has 0 saturated carbocycles. The van der Waals surface area contributed by atoms with Gasteiger partial charge >= 0.3 is 5.97 Å². The first-order valence-corrected chi connectivity index (χ1v) is 8.22. The van der Waals surface area contributed by atoms with Crippen LogP contribution in [0.1, 0.15) is 44.0 Å². The second kappa shape index (κ2) is 6.62. The molecule has 1 heterocycles. The Labute approximate surface area is 139 Å². The topological polar surface area (TPSA) is 95.5 Å². The van der Waals surface area contributed by atoms with Gasteiger partial charge in [-0.1, -0.05) is 0 Å². The minimum absolute atomic E-state index is 0.0119. The van der Waals surface area contributed by atoms with Crippen molar-refractivity contribution in [1.82, 2.24) is 5.32 Å². The van der Waals surface area contributed by atoms with Crippen molar-refractivity contribution in [2.75, 3.05) is 5.32 Å². The zero-order valence-corrected chi connectivity index (χ0v) is 14.1. The number of carboxylic acids is 1. The van der Waals surface area contributed by atoms with Crippen LogP contribution in [0.2, 0.25) is 0 Å². The Morgan fingerprint density at radius 2 is 2.09 bits per heavy atom. The van der Waals surface area contributed by atoms with Crippen molar-refractivity contribution < 1.29 is 19.5 Å². The van der Waals surface area contributed by atoms with E-state index in [0.717, 1.165) is 4.90 Å². The van der Waals surface area contributed by atoms with Crippen LogP contribution in [0.15, 0.2) is 23.1 Å². The SMILES string of the molecule is CC1Sc2ccc(C(=O)NC(C)(C)CCC(=O)O)cc2NC1=O. The first-order chi connectivity index (χ1) is 10.7. The maximum Gasteiger partial charge on any atom is 0.303 e. The molecule has 0 saturated heterocycles. The fourth-order valence-corrected chi connectivity index (χ4v) is 3.14. The highest BCUT2D eigenvalue weighted by Crippen LogP contribution is 2.36. The monoisotopic (exact) mass is 336 g/mol. The number of anilines is 1. The molecule has 1 aliphatic heterocycles. The van der Waals surface area contributed by atoms with Gasteiger partial charge in [-0.15, -0.1) is 11.8 Å². The molecular weight excluding hydrogens is 316 g/mol. The number of fused-ring (bicyclic) bond motifs is 1. The average molecular weight is 336 g/mol. The number of carbonyl (C=O) groups is 3. The first-order valence-electron chi connectivity index (χ1n) is 7.34. The molecule has 0 fully saturated rings. The van der Waals surface area contributed by atoms with Crippen LogP contribution in [0.4, 0.5) is 5.69 Å². The average Bonchev–Trinajstić information content (AvgIpc) is 2.45. The number of aliphatic carboxylic acids is 1. The van der Waals surface area contributed by atoms with Crippen LogP contribution < -0.4 is 10.6 Å². The van der Waals surface area contributed by atoms with Crippen molar-refractivity contribution in [2.24, 2.45) is 0 Å². The van der Waals surface area contributed by atoms with Crippen LogP contribution in [0, 0.1) is 0 Å². The lowest BCUT2D eigenvalue weighted by Gasteiger charge is -2.26. The normalized spacial score (nSPS) is 17.2. The molecule has 0 aliphatic carbocycles. The Bertz CT molecular complexity index is 657. The fraction of sp³-hybridized carbons (Fsp3) is 0.438. The molecule has 0 radical (unpaired) electrons. The Kier molecular flexibility index (Phi) is 4.99. The zero-order chi connectivity index (χ0) is 17.2. The number of thioether (sulfide) groups is 1. The summed E-state index contributed by atoms with van der Waals surface area (Å²) in [4.78, 5) is 35.7. The van der Waals surface area contributed by atoms with E-state index in [9.17, 15) is 14.4 Å². The van der Waals surface area contributed by atoms with E-state index in [1.54, 1.807) is 26.0 Å². The van der Waals surface area contributed by atoms with Gasteiger partial charge in [0, 0.05) is 22.4 Å².